The van der Waals surface area contributed by atoms with Crippen LogP contribution in [0.25, 0.3) is 0 Å². The minimum atomic E-state index is -0.660. The summed E-state index contributed by atoms with van der Waals surface area (Å²) in [6, 6.07) is 6.02. The van der Waals surface area contributed by atoms with Crippen molar-refractivity contribution in [2.75, 3.05) is 44.7 Å². The van der Waals surface area contributed by atoms with Gasteiger partial charge in [0.15, 0.2) is 0 Å². The van der Waals surface area contributed by atoms with E-state index >= 15 is 0 Å². The molecule has 0 radical (unpaired) electrons. The molecule has 5 nitrogen and oxygen atoms in total. The van der Waals surface area contributed by atoms with Crippen molar-refractivity contribution in [1.82, 2.24) is 10.6 Å². The number of benzene rings is 1. The lowest BCUT2D eigenvalue weighted by Crippen LogP contribution is -2.54. The second-order valence-electron chi connectivity index (χ2n) is 7.19. The minimum absolute atomic E-state index is 0.0360. The summed E-state index contributed by atoms with van der Waals surface area (Å²) in [7, 11) is 1.64. The molecule has 2 fully saturated rings. The molecule has 2 N–H and O–H groups in total. The van der Waals surface area contributed by atoms with Crippen molar-refractivity contribution in [3.63, 3.8) is 0 Å². The maximum atomic E-state index is 12.7. The molecule has 2 aliphatic heterocycles. The van der Waals surface area contributed by atoms with E-state index in [1.54, 1.807) is 7.11 Å². The van der Waals surface area contributed by atoms with Gasteiger partial charge in [-0.15, -0.1) is 0 Å². The van der Waals surface area contributed by atoms with Gasteiger partial charge in [0, 0.05) is 37.5 Å². The van der Waals surface area contributed by atoms with Crippen LogP contribution in [0.5, 0.6) is 0 Å². The van der Waals surface area contributed by atoms with Gasteiger partial charge in [-0.05, 0) is 62.9 Å². The summed E-state index contributed by atoms with van der Waals surface area (Å²) in [6.45, 7) is 6.41. The van der Waals surface area contributed by atoms with Crippen molar-refractivity contribution < 1.29 is 9.53 Å². The first-order chi connectivity index (χ1) is 12.0. The van der Waals surface area contributed by atoms with Gasteiger partial charge in [-0.25, -0.2) is 0 Å². The van der Waals surface area contributed by atoms with Crippen molar-refractivity contribution >= 4 is 23.2 Å². The summed E-state index contributed by atoms with van der Waals surface area (Å²) in [6.07, 6.45) is 2.54. The van der Waals surface area contributed by atoms with Crippen LogP contribution in [0.4, 0.5) is 5.69 Å². The average Bonchev–Trinajstić information content (AvgIpc) is 3.11. The van der Waals surface area contributed by atoms with Gasteiger partial charge in [0.1, 0.15) is 5.60 Å². The number of carbonyl (C=O) groups excluding carboxylic acids is 1. The maximum Gasteiger partial charge on any atom is 0.252 e. The van der Waals surface area contributed by atoms with E-state index in [1.165, 1.54) is 11.3 Å². The minimum Gasteiger partial charge on any atom is -0.371 e. The standard InChI is InChI=1S/C19H28ClN3O2/c1-14-3-4-16(20)11-17(14)23-10-5-15(13-23)12-22-18(24)19(25-2)6-8-21-9-7-19/h3-4,11,15,21H,5-10,12-13H2,1-2H3,(H,22,24). The first-order valence-electron chi connectivity index (χ1n) is 9.09. The van der Waals surface area contributed by atoms with Crippen LogP contribution < -0.4 is 15.5 Å². The lowest BCUT2D eigenvalue weighted by atomic mass is 9.91. The Kier molecular flexibility index (Phi) is 5.87. The Morgan fingerprint density at radius 3 is 2.92 bits per heavy atom. The second-order valence-corrected chi connectivity index (χ2v) is 7.63. The van der Waals surface area contributed by atoms with E-state index < -0.39 is 5.60 Å². The number of rotatable bonds is 5. The molecule has 1 atom stereocenters. The van der Waals surface area contributed by atoms with E-state index in [4.69, 9.17) is 16.3 Å². The molecular weight excluding hydrogens is 338 g/mol. The number of piperidine rings is 1. The summed E-state index contributed by atoms with van der Waals surface area (Å²) in [4.78, 5) is 15.0. The molecule has 1 unspecified atom stereocenters. The molecule has 1 aromatic rings. The zero-order chi connectivity index (χ0) is 17.9. The quantitative estimate of drug-likeness (QED) is 0.841. The monoisotopic (exact) mass is 365 g/mol. The molecule has 1 aromatic carbocycles. The molecule has 0 saturated carbocycles. The molecule has 6 heteroatoms. The largest absolute Gasteiger partial charge is 0.371 e. The highest BCUT2D eigenvalue weighted by molar-refractivity contribution is 6.30. The number of halogens is 1. The highest BCUT2D eigenvalue weighted by atomic mass is 35.5. The van der Waals surface area contributed by atoms with E-state index in [1.807, 2.05) is 12.1 Å². The molecular formula is C19H28ClN3O2. The summed E-state index contributed by atoms with van der Waals surface area (Å²) >= 11 is 6.15. The predicted octanol–water partition coefficient (Wildman–Crippen LogP) is 2.36. The van der Waals surface area contributed by atoms with Crippen LogP contribution in [-0.2, 0) is 9.53 Å². The third-order valence-corrected chi connectivity index (χ3v) is 5.80. The number of nitrogens with zero attached hydrogens (tertiary/aromatic N) is 1. The van der Waals surface area contributed by atoms with Crippen LogP contribution in [0.1, 0.15) is 24.8 Å². The number of hydrogen-bond donors (Lipinski definition) is 2. The SMILES string of the molecule is COC1(C(=O)NCC2CCN(c3cc(Cl)ccc3C)C2)CCNCC1. The van der Waals surface area contributed by atoms with E-state index in [9.17, 15) is 4.79 Å². The zero-order valence-electron chi connectivity index (χ0n) is 15.1. The smallest absolute Gasteiger partial charge is 0.252 e. The molecule has 0 aromatic heterocycles. The van der Waals surface area contributed by atoms with Gasteiger partial charge in [-0.2, -0.15) is 0 Å². The highest BCUT2D eigenvalue weighted by Gasteiger charge is 2.39. The molecule has 1 amide bonds. The van der Waals surface area contributed by atoms with E-state index in [0.717, 1.165) is 50.5 Å². The van der Waals surface area contributed by atoms with Crippen molar-refractivity contribution in [2.45, 2.75) is 31.8 Å². The molecule has 0 spiro atoms. The van der Waals surface area contributed by atoms with Crippen LogP contribution in [0, 0.1) is 12.8 Å². The van der Waals surface area contributed by atoms with Crippen LogP contribution in [0.2, 0.25) is 5.02 Å². The molecule has 25 heavy (non-hydrogen) atoms. The Bertz CT molecular complexity index is 617. The summed E-state index contributed by atoms with van der Waals surface area (Å²) in [5.74, 6) is 0.492. The van der Waals surface area contributed by atoms with Gasteiger partial charge in [-0.1, -0.05) is 17.7 Å². The Labute approximate surface area is 155 Å². The summed E-state index contributed by atoms with van der Waals surface area (Å²) in [5, 5.41) is 7.19. The predicted molar refractivity (Wildman–Crippen MR) is 101 cm³/mol. The Hall–Kier alpha value is -1.30. The molecule has 2 saturated heterocycles. The normalized spacial score (nSPS) is 22.8. The first-order valence-corrected chi connectivity index (χ1v) is 9.47. The van der Waals surface area contributed by atoms with E-state index in [-0.39, 0.29) is 5.91 Å². The number of amides is 1. The van der Waals surface area contributed by atoms with E-state index in [0.29, 0.717) is 12.5 Å². The molecule has 0 aliphatic carbocycles. The number of ether oxygens (including phenoxy) is 1. The topological polar surface area (TPSA) is 53.6 Å². The fourth-order valence-electron chi connectivity index (χ4n) is 3.89. The van der Waals surface area contributed by atoms with Gasteiger partial charge in [0.2, 0.25) is 0 Å². The second kappa shape index (κ2) is 7.94. The Morgan fingerprint density at radius 1 is 1.44 bits per heavy atom. The first kappa shape index (κ1) is 18.5. The molecule has 3 rings (SSSR count). The molecule has 2 aliphatic rings. The van der Waals surface area contributed by atoms with Gasteiger partial charge in [-0.3, -0.25) is 4.79 Å². The number of carbonyl (C=O) groups is 1. The fourth-order valence-corrected chi connectivity index (χ4v) is 4.06. The number of nitrogens with one attached hydrogen (secondary N) is 2. The lowest BCUT2D eigenvalue weighted by Gasteiger charge is -2.35. The third-order valence-electron chi connectivity index (χ3n) is 5.56. The van der Waals surface area contributed by atoms with Crippen LogP contribution in [0.15, 0.2) is 18.2 Å². The number of aryl methyl sites for hydroxylation is 1. The van der Waals surface area contributed by atoms with Gasteiger partial charge < -0.3 is 20.3 Å². The van der Waals surface area contributed by atoms with Crippen LogP contribution in [0.3, 0.4) is 0 Å². The Morgan fingerprint density at radius 2 is 2.20 bits per heavy atom. The molecule has 2 heterocycles. The molecule has 138 valence electrons. The van der Waals surface area contributed by atoms with Crippen molar-refractivity contribution in [2.24, 2.45) is 5.92 Å². The van der Waals surface area contributed by atoms with Crippen molar-refractivity contribution in [1.29, 1.82) is 0 Å². The third kappa shape index (κ3) is 4.10. The highest BCUT2D eigenvalue weighted by Crippen LogP contribution is 2.29. The Balaban J connectivity index is 1.55. The number of anilines is 1. The van der Waals surface area contributed by atoms with Crippen molar-refractivity contribution in [3.05, 3.63) is 28.8 Å². The van der Waals surface area contributed by atoms with Gasteiger partial charge in [0.05, 0.1) is 0 Å². The maximum absolute atomic E-state index is 12.7. The average molecular weight is 366 g/mol. The number of hydrogen-bond acceptors (Lipinski definition) is 4. The lowest BCUT2D eigenvalue weighted by molar-refractivity contribution is -0.146. The van der Waals surface area contributed by atoms with Gasteiger partial charge >= 0.3 is 0 Å². The molecule has 0 bridgehead atoms. The van der Waals surface area contributed by atoms with E-state index in [2.05, 4.69) is 28.5 Å². The van der Waals surface area contributed by atoms with Crippen LogP contribution in [-0.4, -0.2) is 51.3 Å². The number of methoxy groups -OCH3 is 1. The van der Waals surface area contributed by atoms with Crippen molar-refractivity contribution in [3.8, 4) is 0 Å². The van der Waals surface area contributed by atoms with Crippen LogP contribution >= 0.6 is 11.6 Å². The fraction of sp³-hybridized carbons (Fsp3) is 0.632. The zero-order valence-corrected chi connectivity index (χ0v) is 15.9. The summed E-state index contributed by atoms with van der Waals surface area (Å²) < 4.78 is 5.60. The van der Waals surface area contributed by atoms with Gasteiger partial charge in [0.25, 0.3) is 5.91 Å². The summed E-state index contributed by atoms with van der Waals surface area (Å²) in [5.41, 5.74) is 1.78.